The summed E-state index contributed by atoms with van der Waals surface area (Å²) < 4.78 is 42.6. The number of esters is 2. The van der Waals surface area contributed by atoms with E-state index in [1.165, 1.54) is 37.8 Å². The van der Waals surface area contributed by atoms with Crippen molar-refractivity contribution < 1.29 is 61.9 Å². The number of hydrogen-bond donors (Lipinski definition) is 1. The van der Waals surface area contributed by atoms with E-state index >= 15 is 0 Å². The van der Waals surface area contributed by atoms with Crippen LogP contribution in [0.4, 0.5) is 0 Å². The lowest BCUT2D eigenvalue weighted by molar-refractivity contribution is -0.138. The zero-order valence-electron chi connectivity index (χ0n) is 44.8. The molecule has 0 bridgehead atoms. The maximum atomic E-state index is 11.9. The Morgan fingerprint density at radius 1 is 0.548 bits per heavy atom. The molecular weight excluding hydrogens is 931 g/mol. The quantitative estimate of drug-likeness (QED) is 0.0300. The molecule has 3 aromatic rings. The van der Waals surface area contributed by atoms with Crippen LogP contribution in [0.15, 0.2) is 92.0 Å². The van der Waals surface area contributed by atoms with Crippen molar-refractivity contribution in [3.8, 4) is 34.5 Å². The molecule has 0 aromatic heterocycles. The van der Waals surface area contributed by atoms with E-state index in [2.05, 4.69) is 24.8 Å². The Bertz CT molecular complexity index is 1940. The maximum Gasteiger partial charge on any atom is 0.330 e. The molecule has 2 aliphatic carbocycles. The molecule has 0 unspecified atom stereocenters. The van der Waals surface area contributed by atoms with Crippen LogP contribution in [0.2, 0.25) is 0 Å². The van der Waals surface area contributed by atoms with E-state index < -0.39 is 5.91 Å². The third-order valence-electron chi connectivity index (χ3n) is 11.9. The average molecular weight is 1020 g/mol. The van der Waals surface area contributed by atoms with Crippen LogP contribution in [0.5, 0.6) is 34.5 Å². The summed E-state index contributed by atoms with van der Waals surface area (Å²) in [6.45, 7) is 20.8. The second kappa shape index (κ2) is 42.2. The molecule has 14 nitrogen and oxygen atoms in total. The lowest BCUT2D eigenvalue weighted by Gasteiger charge is -2.26. The summed E-state index contributed by atoms with van der Waals surface area (Å²) in [5.41, 5.74) is 5.94. The van der Waals surface area contributed by atoms with Crippen molar-refractivity contribution in [2.24, 2.45) is 29.4 Å². The van der Waals surface area contributed by atoms with Gasteiger partial charge in [-0.15, -0.1) is 0 Å². The largest absolute Gasteiger partial charge is 0.497 e. The van der Waals surface area contributed by atoms with Gasteiger partial charge in [-0.1, -0.05) is 60.6 Å². The lowest BCUT2D eigenvalue weighted by atomic mass is 9.83. The monoisotopic (exact) mass is 1020 g/mol. The summed E-state index contributed by atoms with van der Waals surface area (Å²) >= 11 is 0. The summed E-state index contributed by atoms with van der Waals surface area (Å²) in [5, 5.41) is 0. The van der Waals surface area contributed by atoms with Gasteiger partial charge in [0, 0.05) is 18.1 Å². The summed E-state index contributed by atoms with van der Waals surface area (Å²) in [6, 6.07) is 19.8. The van der Waals surface area contributed by atoms with E-state index in [1.807, 2.05) is 58.0 Å². The van der Waals surface area contributed by atoms with Crippen LogP contribution in [0.25, 0.3) is 0 Å². The van der Waals surface area contributed by atoms with Crippen molar-refractivity contribution in [1.82, 2.24) is 0 Å². The molecule has 0 saturated heterocycles. The molecule has 73 heavy (non-hydrogen) atoms. The molecular formula is C59H87NO13. The van der Waals surface area contributed by atoms with Crippen molar-refractivity contribution in [3.63, 3.8) is 0 Å². The number of unbranched alkanes of at least 4 members (excludes halogenated alkanes) is 6. The molecule has 2 fully saturated rings. The van der Waals surface area contributed by atoms with E-state index in [-0.39, 0.29) is 17.9 Å². The highest BCUT2D eigenvalue weighted by atomic mass is 16.5. The van der Waals surface area contributed by atoms with E-state index in [1.54, 1.807) is 43.5 Å². The molecule has 5 rings (SSSR count). The third kappa shape index (κ3) is 30.4. The van der Waals surface area contributed by atoms with Crippen molar-refractivity contribution in [2.75, 3.05) is 46.8 Å². The first-order chi connectivity index (χ1) is 35.6. The number of carbonyl (C=O) groups excluding carboxylic acids is 5. The Kier molecular flexibility index (Phi) is 37.4. The smallest absolute Gasteiger partial charge is 0.330 e. The Morgan fingerprint density at radius 3 is 1.41 bits per heavy atom. The van der Waals surface area contributed by atoms with Gasteiger partial charge >= 0.3 is 11.9 Å². The number of methoxy groups -OCH3 is 1. The first-order valence-electron chi connectivity index (χ1n) is 26.4. The standard InChI is InChI=1S/C23H33NO4.C16H20O5.C16H22O4.2C2H6/c1-16-2-4-18(5-3-16)14-27-20-10-11-22(21(12-20)23(24)26)28-15-19-8-6-17(13-25)7-9-19;1-2-16(18)20-12-6-4-3-5-11-19-14-7-9-15(10-8-14)21-13-17;1-3-16(17)20-13-7-5-4-6-12-19-15-10-8-14(18-2)9-11-15;2*1-2/h10-13,16-19H,2-9,14-15H2,1H3,(H2,24,26);2,7-10,13H,1,3-6,11-12H2;3,8-11H,1,4-7,12-13H2,2H3;2*1-2H3. The molecule has 14 heteroatoms. The van der Waals surface area contributed by atoms with Crippen LogP contribution in [0.3, 0.4) is 0 Å². The zero-order chi connectivity index (χ0) is 53.9. The SMILES string of the molecule is C=CC(=O)OCCCCCCOc1ccc(OC)cc1.C=CC(=O)OCCCCCCOc1ccc(OC=O)cc1.CC.CC.CC1CCC(COc2ccc(OCC3CCC(C=O)CC3)c(C(N)=O)c2)CC1. The number of nitrogens with two attached hydrogens (primary N) is 1. The number of amides is 1. The molecule has 2 N–H and O–H groups in total. The van der Waals surface area contributed by atoms with Crippen LogP contribution in [0, 0.1) is 23.7 Å². The Labute approximate surface area is 436 Å². The second-order valence-corrected chi connectivity index (χ2v) is 17.3. The highest BCUT2D eigenvalue weighted by Gasteiger charge is 2.23. The van der Waals surface area contributed by atoms with E-state index in [9.17, 15) is 24.0 Å². The second-order valence-electron chi connectivity index (χ2n) is 17.3. The summed E-state index contributed by atoms with van der Waals surface area (Å²) in [4.78, 5) is 54.5. The van der Waals surface area contributed by atoms with Gasteiger partial charge in [0.1, 0.15) is 40.8 Å². The Balaban J connectivity index is 0.000000539. The van der Waals surface area contributed by atoms with E-state index in [0.717, 1.165) is 107 Å². The molecule has 2 aliphatic rings. The minimum atomic E-state index is -0.503. The Hall–Kier alpha value is -6.31. The van der Waals surface area contributed by atoms with Crippen molar-refractivity contribution in [1.29, 1.82) is 0 Å². The summed E-state index contributed by atoms with van der Waals surface area (Å²) in [5.74, 6) is 4.90. The fourth-order valence-corrected chi connectivity index (χ4v) is 7.63. The van der Waals surface area contributed by atoms with E-state index in [0.29, 0.717) is 80.8 Å². The molecule has 1 amide bonds. The van der Waals surface area contributed by atoms with Crippen LogP contribution in [0.1, 0.15) is 148 Å². The van der Waals surface area contributed by atoms with Gasteiger partial charge in [-0.25, -0.2) is 9.59 Å². The third-order valence-corrected chi connectivity index (χ3v) is 11.9. The number of ether oxygens (including phenoxy) is 8. The van der Waals surface area contributed by atoms with Gasteiger partial charge < -0.3 is 48.4 Å². The average Bonchev–Trinajstić information content (AvgIpc) is 3.43. The van der Waals surface area contributed by atoms with Crippen molar-refractivity contribution in [2.45, 2.75) is 137 Å². The zero-order valence-corrected chi connectivity index (χ0v) is 44.8. The molecule has 2 saturated carbocycles. The highest BCUT2D eigenvalue weighted by Crippen LogP contribution is 2.32. The number of aldehydes is 1. The minimum Gasteiger partial charge on any atom is -0.497 e. The van der Waals surface area contributed by atoms with Crippen LogP contribution in [-0.4, -0.2) is 77.4 Å². The van der Waals surface area contributed by atoms with Gasteiger partial charge in [-0.05, 0) is 174 Å². The van der Waals surface area contributed by atoms with Crippen molar-refractivity contribution in [3.05, 3.63) is 97.6 Å². The molecule has 3 aromatic carbocycles. The first-order valence-corrected chi connectivity index (χ1v) is 26.4. The predicted octanol–water partition coefficient (Wildman–Crippen LogP) is 12.7. The Morgan fingerprint density at radius 2 is 0.973 bits per heavy atom. The number of rotatable bonds is 29. The van der Waals surface area contributed by atoms with Gasteiger partial charge in [-0.2, -0.15) is 0 Å². The van der Waals surface area contributed by atoms with E-state index in [4.69, 9.17) is 38.9 Å². The molecule has 0 spiro atoms. The van der Waals surface area contributed by atoms with Crippen molar-refractivity contribution >= 4 is 30.6 Å². The lowest BCUT2D eigenvalue weighted by Crippen LogP contribution is -2.22. The van der Waals surface area contributed by atoms with Gasteiger partial charge in [0.25, 0.3) is 12.4 Å². The maximum absolute atomic E-state index is 11.9. The molecule has 406 valence electrons. The predicted molar refractivity (Wildman–Crippen MR) is 288 cm³/mol. The number of carbonyl (C=O) groups is 5. The first kappa shape index (κ1) is 64.7. The van der Waals surface area contributed by atoms with Crippen LogP contribution >= 0.6 is 0 Å². The summed E-state index contributed by atoms with van der Waals surface area (Å²) in [7, 11) is 1.64. The van der Waals surface area contributed by atoms with Crippen LogP contribution < -0.4 is 34.2 Å². The minimum absolute atomic E-state index is 0.196. The van der Waals surface area contributed by atoms with Gasteiger partial charge in [0.05, 0.1) is 52.3 Å². The number of primary amides is 1. The van der Waals surface area contributed by atoms with Crippen LogP contribution in [-0.2, 0) is 28.7 Å². The van der Waals surface area contributed by atoms with Gasteiger partial charge in [0.2, 0.25) is 0 Å². The summed E-state index contributed by atoms with van der Waals surface area (Å²) in [6.07, 6.45) is 19.9. The fourth-order valence-electron chi connectivity index (χ4n) is 7.63. The molecule has 0 atom stereocenters. The molecule has 0 aliphatic heterocycles. The van der Waals surface area contributed by atoms with Gasteiger partial charge in [-0.3, -0.25) is 9.59 Å². The fraction of sp³-hybridized carbons (Fsp3) is 0.542. The normalized spacial score (nSPS) is 16.3. The number of hydrogen-bond acceptors (Lipinski definition) is 13. The number of benzene rings is 3. The topological polar surface area (TPSA) is 185 Å². The van der Waals surface area contributed by atoms with Gasteiger partial charge in [0.15, 0.2) is 0 Å². The molecule has 0 radical (unpaired) electrons. The highest BCUT2D eigenvalue weighted by molar-refractivity contribution is 5.96. The molecule has 0 heterocycles.